The maximum absolute atomic E-state index is 13.3. The van der Waals surface area contributed by atoms with E-state index in [1.807, 2.05) is 42.5 Å². The maximum atomic E-state index is 13.3. The number of nitrogens with one attached hydrogen (secondary N) is 4. The van der Waals surface area contributed by atoms with Crippen LogP contribution in [0.15, 0.2) is 54.6 Å². The molecular formula is C29H41N5O3. The van der Waals surface area contributed by atoms with E-state index in [1.165, 1.54) is 5.56 Å². The molecule has 8 nitrogen and oxygen atoms in total. The first-order valence-electron chi connectivity index (χ1n) is 13.7. The highest BCUT2D eigenvalue weighted by Crippen LogP contribution is 2.31. The lowest BCUT2D eigenvalue weighted by Crippen LogP contribution is -2.47. The molecule has 2 aliphatic heterocycles. The Morgan fingerprint density at radius 1 is 0.973 bits per heavy atom. The van der Waals surface area contributed by atoms with Gasteiger partial charge in [-0.1, -0.05) is 42.5 Å². The summed E-state index contributed by atoms with van der Waals surface area (Å²) in [6.45, 7) is 3.97. The molecule has 2 saturated heterocycles. The van der Waals surface area contributed by atoms with Gasteiger partial charge >= 0.3 is 0 Å². The van der Waals surface area contributed by atoms with Crippen molar-refractivity contribution in [3.8, 4) is 0 Å². The third kappa shape index (κ3) is 7.09. The summed E-state index contributed by atoms with van der Waals surface area (Å²) in [4.78, 5) is 15.6. The van der Waals surface area contributed by atoms with Crippen LogP contribution in [-0.4, -0.2) is 68.5 Å². The fraction of sp³-hybridized carbons (Fsp3) is 0.552. The lowest BCUT2D eigenvalue weighted by atomic mass is 9.82. The Kier molecular flexibility index (Phi) is 9.07. The van der Waals surface area contributed by atoms with E-state index in [1.54, 1.807) is 0 Å². The van der Waals surface area contributed by atoms with Crippen LogP contribution in [0, 0.1) is 5.92 Å². The number of piperidine rings is 1. The molecule has 4 unspecified atom stereocenters. The number of hydrazine groups is 1. The first-order chi connectivity index (χ1) is 18.2. The molecule has 200 valence electrons. The molecule has 1 saturated carbocycles. The van der Waals surface area contributed by atoms with Crippen LogP contribution in [0.4, 0.5) is 5.69 Å². The van der Waals surface area contributed by atoms with Crippen molar-refractivity contribution < 1.29 is 14.3 Å². The van der Waals surface area contributed by atoms with Crippen molar-refractivity contribution in [1.82, 2.24) is 21.1 Å². The van der Waals surface area contributed by atoms with Gasteiger partial charge in [-0.2, -0.15) is 0 Å². The van der Waals surface area contributed by atoms with Crippen molar-refractivity contribution in [3.05, 3.63) is 65.7 Å². The minimum Gasteiger partial charge on any atom is -0.382 e. The summed E-state index contributed by atoms with van der Waals surface area (Å²) in [6, 6.07) is 18.7. The van der Waals surface area contributed by atoms with Crippen molar-refractivity contribution in [2.24, 2.45) is 5.92 Å². The van der Waals surface area contributed by atoms with E-state index in [0.717, 1.165) is 50.9 Å². The van der Waals surface area contributed by atoms with Gasteiger partial charge in [-0.25, -0.2) is 5.43 Å². The number of rotatable bonds is 10. The topological polar surface area (TPSA) is 86.9 Å². The number of likely N-dealkylation sites (tertiary alicyclic amines) is 1. The summed E-state index contributed by atoms with van der Waals surface area (Å²) in [5, 5.41) is 6.87. The molecule has 2 heterocycles. The Morgan fingerprint density at radius 3 is 2.59 bits per heavy atom. The molecule has 0 aromatic heterocycles. The molecule has 37 heavy (non-hydrogen) atoms. The molecule has 4 N–H and O–H groups in total. The Labute approximate surface area is 220 Å². The maximum Gasteiger partial charge on any atom is 0.254 e. The molecule has 3 fully saturated rings. The second-order valence-electron chi connectivity index (χ2n) is 10.6. The van der Waals surface area contributed by atoms with Crippen molar-refractivity contribution in [2.75, 3.05) is 38.7 Å². The molecule has 5 rings (SSSR count). The van der Waals surface area contributed by atoms with Crippen LogP contribution in [0.2, 0.25) is 0 Å². The number of anilines is 1. The second kappa shape index (κ2) is 12.8. The van der Waals surface area contributed by atoms with Crippen LogP contribution in [0.5, 0.6) is 0 Å². The average molecular weight is 508 g/mol. The number of amides is 1. The van der Waals surface area contributed by atoms with Gasteiger partial charge in [-0.05, 0) is 69.9 Å². The molecule has 3 aliphatic rings. The van der Waals surface area contributed by atoms with Crippen LogP contribution in [0.1, 0.15) is 48.0 Å². The largest absolute Gasteiger partial charge is 0.382 e. The van der Waals surface area contributed by atoms with Gasteiger partial charge in [0.15, 0.2) is 0 Å². The second-order valence-corrected chi connectivity index (χ2v) is 10.6. The Hall–Kier alpha value is -2.49. The lowest BCUT2D eigenvalue weighted by Gasteiger charge is -2.33. The zero-order chi connectivity index (χ0) is 25.5. The minimum atomic E-state index is -0.0935. The summed E-state index contributed by atoms with van der Waals surface area (Å²) < 4.78 is 11.9. The number of para-hydroxylation sites is 1. The molecular weight excluding hydrogens is 466 g/mol. The highest BCUT2D eigenvalue weighted by Gasteiger charge is 2.41. The van der Waals surface area contributed by atoms with Crippen molar-refractivity contribution in [3.63, 3.8) is 0 Å². The van der Waals surface area contributed by atoms with Gasteiger partial charge < -0.3 is 25.0 Å². The van der Waals surface area contributed by atoms with E-state index >= 15 is 0 Å². The van der Waals surface area contributed by atoms with E-state index in [2.05, 4.69) is 45.6 Å². The van der Waals surface area contributed by atoms with Crippen molar-refractivity contribution >= 4 is 11.6 Å². The van der Waals surface area contributed by atoms with Crippen LogP contribution >= 0.6 is 0 Å². The summed E-state index contributed by atoms with van der Waals surface area (Å²) in [5.74, 6) is 0.303. The SMILES string of the molecule is CN1CCC(Nc2ccccc2C(=O)NC2NNC3CC(OCCOCc4ccccc4)CCC32)CC1. The highest BCUT2D eigenvalue weighted by molar-refractivity contribution is 5.99. The van der Waals surface area contributed by atoms with Crippen LogP contribution in [-0.2, 0) is 16.1 Å². The summed E-state index contributed by atoms with van der Waals surface area (Å²) >= 11 is 0. The number of carbonyl (C=O) groups is 1. The van der Waals surface area contributed by atoms with Gasteiger partial charge in [0.2, 0.25) is 0 Å². The number of benzene rings is 2. The molecule has 8 heteroatoms. The number of nitrogens with zero attached hydrogens (tertiary/aromatic N) is 1. The number of hydrogen-bond donors (Lipinski definition) is 4. The Balaban J connectivity index is 1.06. The normalized spacial score (nSPS) is 26.5. The Morgan fingerprint density at radius 2 is 1.76 bits per heavy atom. The number of ether oxygens (including phenoxy) is 2. The van der Waals surface area contributed by atoms with Crippen molar-refractivity contribution in [2.45, 2.75) is 63.1 Å². The van der Waals surface area contributed by atoms with E-state index in [0.29, 0.717) is 37.3 Å². The predicted octanol–water partition coefficient (Wildman–Crippen LogP) is 3.13. The quantitative estimate of drug-likeness (QED) is 0.368. The summed E-state index contributed by atoms with van der Waals surface area (Å²) in [7, 11) is 2.16. The smallest absolute Gasteiger partial charge is 0.254 e. The lowest BCUT2D eigenvalue weighted by molar-refractivity contribution is -0.0239. The third-order valence-electron chi connectivity index (χ3n) is 7.94. The van der Waals surface area contributed by atoms with Gasteiger partial charge in [0, 0.05) is 23.7 Å². The molecule has 2 aromatic carbocycles. The summed E-state index contributed by atoms with van der Waals surface area (Å²) in [5.41, 5.74) is 9.54. The van der Waals surface area contributed by atoms with Gasteiger partial charge in [-0.3, -0.25) is 10.2 Å². The highest BCUT2D eigenvalue weighted by atomic mass is 16.5. The van der Waals surface area contributed by atoms with E-state index in [-0.39, 0.29) is 24.2 Å². The first kappa shape index (κ1) is 26.1. The predicted molar refractivity (Wildman–Crippen MR) is 145 cm³/mol. The van der Waals surface area contributed by atoms with Gasteiger partial charge in [-0.15, -0.1) is 0 Å². The van der Waals surface area contributed by atoms with Crippen molar-refractivity contribution in [1.29, 1.82) is 0 Å². The fourth-order valence-electron chi connectivity index (χ4n) is 5.76. The van der Waals surface area contributed by atoms with E-state index < -0.39 is 0 Å². The zero-order valence-corrected chi connectivity index (χ0v) is 21.8. The molecule has 0 radical (unpaired) electrons. The van der Waals surface area contributed by atoms with Gasteiger partial charge in [0.25, 0.3) is 5.91 Å². The first-order valence-corrected chi connectivity index (χ1v) is 13.7. The molecule has 2 aromatic rings. The zero-order valence-electron chi connectivity index (χ0n) is 21.8. The van der Waals surface area contributed by atoms with Crippen LogP contribution in [0.3, 0.4) is 0 Å². The standard InChI is InChI=1S/C29H41N5O3/c1-34-15-13-22(14-16-34)30-26-10-6-5-9-25(26)29(35)31-28-24-12-11-23(19-27(24)32-33-28)37-18-17-36-20-21-7-3-2-4-8-21/h2-10,22-24,27-28,30,32-33H,11-20H2,1H3,(H,31,35). The van der Waals surface area contributed by atoms with Crippen LogP contribution in [0.25, 0.3) is 0 Å². The Bertz CT molecular complexity index is 998. The minimum absolute atomic E-state index is 0.0371. The van der Waals surface area contributed by atoms with E-state index in [9.17, 15) is 4.79 Å². The number of hydrogen-bond acceptors (Lipinski definition) is 7. The fourth-order valence-corrected chi connectivity index (χ4v) is 5.76. The average Bonchev–Trinajstić information content (AvgIpc) is 3.32. The molecule has 0 bridgehead atoms. The molecule has 1 amide bonds. The summed E-state index contributed by atoms with van der Waals surface area (Å²) in [6.07, 6.45) is 5.22. The van der Waals surface area contributed by atoms with Gasteiger partial charge in [0.05, 0.1) is 37.7 Å². The number of carbonyl (C=O) groups excluding carboxylic acids is 1. The van der Waals surface area contributed by atoms with Gasteiger partial charge in [0.1, 0.15) is 0 Å². The monoisotopic (exact) mass is 507 g/mol. The molecule has 0 spiro atoms. The van der Waals surface area contributed by atoms with E-state index in [4.69, 9.17) is 9.47 Å². The van der Waals surface area contributed by atoms with Crippen LogP contribution < -0.4 is 21.5 Å². The molecule has 4 atom stereocenters. The number of fused-ring (bicyclic) bond motifs is 1. The third-order valence-corrected chi connectivity index (χ3v) is 7.94. The molecule has 1 aliphatic carbocycles.